The van der Waals surface area contributed by atoms with Gasteiger partial charge in [-0.3, -0.25) is 9.59 Å². The van der Waals surface area contributed by atoms with Crippen LogP contribution in [0, 0.1) is 5.41 Å². The van der Waals surface area contributed by atoms with Crippen molar-refractivity contribution in [1.29, 1.82) is 0 Å². The van der Waals surface area contributed by atoms with Gasteiger partial charge in [-0.15, -0.1) is 0 Å². The van der Waals surface area contributed by atoms with Gasteiger partial charge in [0.2, 0.25) is 0 Å². The standard InChI is InChI=1S/C11H20O3/c1-5-14-10(13)8-9(12)6-7-11(2,3)4/h5-8H2,1-4H3. The van der Waals surface area contributed by atoms with Crippen LogP contribution in [0.2, 0.25) is 0 Å². The van der Waals surface area contributed by atoms with E-state index in [-0.39, 0.29) is 17.6 Å². The molecule has 0 aromatic rings. The Balaban J connectivity index is 3.71. The van der Waals surface area contributed by atoms with Crippen LogP contribution in [-0.4, -0.2) is 18.4 Å². The molecule has 0 aliphatic heterocycles. The van der Waals surface area contributed by atoms with Gasteiger partial charge in [0.1, 0.15) is 12.2 Å². The average Bonchev–Trinajstić information content (AvgIpc) is 2.00. The largest absolute Gasteiger partial charge is 0.466 e. The van der Waals surface area contributed by atoms with Crippen molar-refractivity contribution in [1.82, 2.24) is 0 Å². The summed E-state index contributed by atoms with van der Waals surface area (Å²) in [5.41, 5.74) is 0.143. The molecule has 3 nitrogen and oxygen atoms in total. The van der Waals surface area contributed by atoms with E-state index >= 15 is 0 Å². The number of carbonyl (C=O) groups is 2. The summed E-state index contributed by atoms with van der Waals surface area (Å²) < 4.78 is 4.68. The van der Waals surface area contributed by atoms with Gasteiger partial charge >= 0.3 is 5.97 Å². The average molecular weight is 200 g/mol. The molecule has 0 unspecified atom stereocenters. The zero-order chi connectivity index (χ0) is 11.2. The first-order chi connectivity index (χ1) is 6.35. The summed E-state index contributed by atoms with van der Waals surface area (Å²) in [4.78, 5) is 22.2. The lowest BCUT2D eigenvalue weighted by atomic mass is 9.89. The molecule has 0 amide bonds. The molecule has 0 bridgehead atoms. The van der Waals surface area contributed by atoms with Crippen molar-refractivity contribution in [2.75, 3.05) is 6.61 Å². The van der Waals surface area contributed by atoms with Crippen molar-refractivity contribution in [3.05, 3.63) is 0 Å². The molecule has 14 heavy (non-hydrogen) atoms. The summed E-state index contributed by atoms with van der Waals surface area (Å²) in [5, 5.41) is 0. The predicted molar refractivity (Wildman–Crippen MR) is 54.9 cm³/mol. The van der Waals surface area contributed by atoms with Crippen molar-refractivity contribution >= 4 is 11.8 Å². The Morgan fingerprint density at radius 3 is 2.21 bits per heavy atom. The van der Waals surface area contributed by atoms with E-state index in [1.165, 1.54) is 0 Å². The van der Waals surface area contributed by atoms with E-state index in [1.807, 2.05) is 0 Å². The molecule has 0 spiro atoms. The van der Waals surface area contributed by atoms with Crippen molar-refractivity contribution < 1.29 is 14.3 Å². The molecule has 0 saturated heterocycles. The molecule has 0 aromatic carbocycles. The highest BCUT2D eigenvalue weighted by Gasteiger charge is 2.15. The molecule has 0 atom stereocenters. The molecule has 0 heterocycles. The molecule has 0 rings (SSSR count). The Labute approximate surface area is 85.8 Å². The smallest absolute Gasteiger partial charge is 0.313 e. The van der Waals surface area contributed by atoms with Gasteiger partial charge in [0, 0.05) is 6.42 Å². The molecule has 0 N–H and O–H groups in total. The topological polar surface area (TPSA) is 43.4 Å². The maximum Gasteiger partial charge on any atom is 0.313 e. The van der Waals surface area contributed by atoms with Crippen LogP contribution in [0.3, 0.4) is 0 Å². The van der Waals surface area contributed by atoms with Gasteiger partial charge in [-0.05, 0) is 18.8 Å². The maximum atomic E-state index is 11.3. The minimum absolute atomic E-state index is 0.0293. The normalized spacial score (nSPS) is 11.1. The number of hydrogen-bond acceptors (Lipinski definition) is 3. The summed E-state index contributed by atoms with van der Waals surface area (Å²) >= 11 is 0. The van der Waals surface area contributed by atoms with Crippen LogP contribution in [-0.2, 0) is 14.3 Å². The second kappa shape index (κ2) is 5.78. The quantitative estimate of drug-likeness (QED) is 0.505. The zero-order valence-electron chi connectivity index (χ0n) is 9.55. The first kappa shape index (κ1) is 13.1. The Kier molecular flexibility index (Phi) is 5.43. The highest BCUT2D eigenvalue weighted by Crippen LogP contribution is 2.20. The monoisotopic (exact) mass is 200 g/mol. The van der Waals surface area contributed by atoms with Crippen LogP contribution >= 0.6 is 0 Å². The van der Waals surface area contributed by atoms with Gasteiger partial charge in [0.05, 0.1) is 6.61 Å². The van der Waals surface area contributed by atoms with Gasteiger partial charge < -0.3 is 4.74 Å². The maximum absolute atomic E-state index is 11.3. The minimum Gasteiger partial charge on any atom is -0.466 e. The summed E-state index contributed by atoms with van der Waals surface area (Å²) in [5.74, 6) is -0.440. The molecule has 0 aliphatic carbocycles. The fourth-order valence-electron chi connectivity index (χ4n) is 0.976. The van der Waals surface area contributed by atoms with E-state index in [1.54, 1.807) is 6.92 Å². The van der Waals surface area contributed by atoms with E-state index in [9.17, 15) is 9.59 Å². The van der Waals surface area contributed by atoms with E-state index in [4.69, 9.17) is 0 Å². The van der Waals surface area contributed by atoms with Crippen LogP contribution in [0.1, 0.15) is 47.0 Å². The lowest BCUT2D eigenvalue weighted by Crippen LogP contribution is -2.14. The molecular weight excluding hydrogens is 180 g/mol. The first-order valence-electron chi connectivity index (χ1n) is 5.02. The number of Topliss-reactive ketones (excluding diaryl/α,β-unsaturated/α-hetero) is 1. The Morgan fingerprint density at radius 2 is 1.79 bits per heavy atom. The predicted octanol–water partition coefficient (Wildman–Crippen LogP) is 2.33. The molecule has 0 saturated carbocycles. The molecule has 82 valence electrons. The second-order valence-corrected chi connectivity index (χ2v) is 4.58. The van der Waals surface area contributed by atoms with Crippen LogP contribution < -0.4 is 0 Å². The molecule has 0 fully saturated rings. The number of ketones is 1. The number of esters is 1. The van der Waals surface area contributed by atoms with E-state index in [0.717, 1.165) is 6.42 Å². The van der Waals surface area contributed by atoms with Crippen molar-refractivity contribution in [2.24, 2.45) is 5.41 Å². The highest BCUT2D eigenvalue weighted by molar-refractivity contribution is 5.95. The van der Waals surface area contributed by atoms with Gasteiger partial charge in [-0.25, -0.2) is 0 Å². The molecular formula is C11H20O3. The number of rotatable bonds is 5. The summed E-state index contributed by atoms with van der Waals surface area (Å²) in [6, 6.07) is 0. The van der Waals surface area contributed by atoms with Crippen molar-refractivity contribution in [2.45, 2.75) is 47.0 Å². The minimum atomic E-state index is -0.411. The third-order valence-electron chi connectivity index (χ3n) is 1.80. The molecule has 0 radical (unpaired) electrons. The number of carbonyl (C=O) groups excluding carboxylic acids is 2. The fraction of sp³-hybridized carbons (Fsp3) is 0.818. The van der Waals surface area contributed by atoms with Crippen molar-refractivity contribution in [3.63, 3.8) is 0 Å². The third-order valence-corrected chi connectivity index (χ3v) is 1.80. The number of ether oxygens (including phenoxy) is 1. The zero-order valence-corrected chi connectivity index (χ0v) is 9.55. The number of hydrogen-bond donors (Lipinski definition) is 0. The molecule has 0 aliphatic rings. The van der Waals surface area contributed by atoms with E-state index in [2.05, 4.69) is 25.5 Å². The first-order valence-corrected chi connectivity index (χ1v) is 5.02. The van der Waals surface area contributed by atoms with Gasteiger partial charge in [-0.2, -0.15) is 0 Å². The highest BCUT2D eigenvalue weighted by atomic mass is 16.5. The van der Waals surface area contributed by atoms with E-state index < -0.39 is 5.97 Å². The lowest BCUT2D eigenvalue weighted by molar-refractivity contribution is -0.145. The van der Waals surface area contributed by atoms with Crippen LogP contribution in [0.25, 0.3) is 0 Å². The van der Waals surface area contributed by atoms with Gasteiger partial charge in [0.25, 0.3) is 0 Å². The van der Waals surface area contributed by atoms with Crippen molar-refractivity contribution in [3.8, 4) is 0 Å². The third kappa shape index (κ3) is 7.77. The molecule has 0 aromatic heterocycles. The Hall–Kier alpha value is -0.860. The summed E-state index contributed by atoms with van der Waals surface area (Å²) in [7, 11) is 0. The van der Waals surface area contributed by atoms with Crippen LogP contribution in [0.15, 0.2) is 0 Å². The fourth-order valence-corrected chi connectivity index (χ4v) is 0.976. The Morgan fingerprint density at radius 1 is 1.21 bits per heavy atom. The summed E-state index contributed by atoms with van der Waals surface area (Å²) in [6.07, 6.45) is 1.19. The van der Waals surface area contributed by atoms with E-state index in [0.29, 0.717) is 13.0 Å². The lowest BCUT2D eigenvalue weighted by Gasteiger charge is -2.16. The molecule has 3 heteroatoms. The summed E-state index contributed by atoms with van der Waals surface area (Å²) in [6.45, 7) is 8.29. The van der Waals surface area contributed by atoms with Gasteiger partial charge in [-0.1, -0.05) is 20.8 Å². The SMILES string of the molecule is CCOC(=O)CC(=O)CCC(C)(C)C. The Bertz CT molecular complexity index is 201. The van der Waals surface area contributed by atoms with Gasteiger partial charge in [0.15, 0.2) is 0 Å². The van der Waals surface area contributed by atoms with Crippen LogP contribution in [0.5, 0.6) is 0 Å². The second-order valence-electron chi connectivity index (χ2n) is 4.58. The van der Waals surface area contributed by atoms with Crippen LogP contribution in [0.4, 0.5) is 0 Å².